The summed E-state index contributed by atoms with van der Waals surface area (Å²) in [5, 5.41) is 0. The number of rotatable bonds is 2. The number of nitrogens with zero attached hydrogens (tertiary/aromatic N) is 2. The van der Waals surface area contributed by atoms with Crippen LogP contribution in [-0.2, 0) is 4.74 Å². The SMILES string of the molecule is CCOC(=O)c1nc2cc(C)sc2nc1N. The summed E-state index contributed by atoms with van der Waals surface area (Å²) in [4.78, 5) is 21.6. The number of hydrogen-bond donors (Lipinski definition) is 1. The van der Waals surface area contributed by atoms with E-state index in [2.05, 4.69) is 9.97 Å². The zero-order valence-corrected chi connectivity index (χ0v) is 9.80. The fourth-order valence-electron chi connectivity index (χ4n) is 1.34. The lowest BCUT2D eigenvalue weighted by Gasteiger charge is -2.03. The van der Waals surface area contributed by atoms with Gasteiger partial charge in [0.15, 0.2) is 11.5 Å². The van der Waals surface area contributed by atoms with Crippen LogP contribution in [0, 0.1) is 6.92 Å². The molecule has 0 atom stereocenters. The van der Waals surface area contributed by atoms with Gasteiger partial charge in [0.25, 0.3) is 0 Å². The Morgan fingerprint density at radius 1 is 1.56 bits per heavy atom. The van der Waals surface area contributed by atoms with Crippen molar-refractivity contribution in [2.75, 3.05) is 12.3 Å². The second-order valence-corrected chi connectivity index (χ2v) is 4.46. The first kappa shape index (κ1) is 10.8. The zero-order valence-electron chi connectivity index (χ0n) is 8.98. The zero-order chi connectivity index (χ0) is 11.7. The van der Waals surface area contributed by atoms with Crippen LogP contribution in [0.1, 0.15) is 22.3 Å². The van der Waals surface area contributed by atoms with Crippen LogP contribution in [0.15, 0.2) is 6.07 Å². The molecule has 0 aliphatic heterocycles. The van der Waals surface area contributed by atoms with Crippen LogP contribution >= 0.6 is 11.3 Å². The number of ether oxygens (including phenoxy) is 1. The van der Waals surface area contributed by atoms with Crippen LogP contribution < -0.4 is 5.73 Å². The summed E-state index contributed by atoms with van der Waals surface area (Å²) in [5.74, 6) is -0.411. The molecule has 2 aromatic heterocycles. The van der Waals surface area contributed by atoms with Crippen LogP contribution in [0.5, 0.6) is 0 Å². The van der Waals surface area contributed by atoms with Crippen LogP contribution in [0.4, 0.5) is 5.82 Å². The molecule has 2 heterocycles. The normalized spacial score (nSPS) is 10.6. The number of anilines is 1. The minimum Gasteiger partial charge on any atom is -0.461 e. The third kappa shape index (κ3) is 1.83. The first-order valence-electron chi connectivity index (χ1n) is 4.82. The molecule has 0 aliphatic rings. The van der Waals surface area contributed by atoms with Gasteiger partial charge in [0.2, 0.25) is 0 Å². The van der Waals surface area contributed by atoms with E-state index in [4.69, 9.17) is 10.5 Å². The van der Waals surface area contributed by atoms with Crippen molar-refractivity contribution < 1.29 is 9.53 Å². The predicted molar refractivity (Wildman–Crippen MR) is 62.5 cm³/mol. The van der Waals surface area contributed by atoms with E-state index in [-0.39, 0.29) is 11.5 Å². The lowest BCUT2D eigenvalue weighted by atomic mass is 10.4. The van der Waals surface area contributed by atoms with Crippen LogP contribution in [0.25, 0.3) is 10.3 Å². The van der Waals surface area contributed by atoms with Crippen molar-refractivity contribution >= 4 is 33.5 Å². The summed E-state index contributed by atoms with van der Waals surface area (Å²) in [6, 6.07) is 1.87. The molecule has 84 valence electrons. The van der Waals surface area contributed by atoms with Gasteiger partial charge in [-0.05, 0) is 19.9 Å². The van der Waals surface area contributed by atoms with Crippen LogP contribution in [0.3, 0.4) is 0 Å². The number of aromatic nitrogens is 2. The van der Waals surface area contributed by atoms with Gasteiger partial charge < -0.3 is 10.5 Å². The Balaban J connectivity index is 2.53. The standard InChI is InChI=1S/C10H11N3O2S/c1-3-15-10(14)7-8(11)13-9-6(12-7)4-5(2)16-9/h4H,3H2,1-2H3,(H2,11,13). The third-order valence-electron chi connectivity index (χ3n) is 1.98. The third-order valence-corrected chi connectivity index (χ3v) is 2.92. The monoisotopic (exact) mass is 237 g/mol. The van der Waals surface area contributed by atoms with Crippen molar-refractivity contribution in [1.29, 1.82) is 0 Å². The lowest BCUT2D eigenvalue weighted by Crippen LogP contribution is -2.11. The molecule has 0 unspecified atom stereocenters. The van der Waals surface area contributed by atoms with Crippen molar-refractivity contribution in [1.82, 2.24) is 9.97 Å². The van der Waals surface area contributed by atoms with E-state index in [1.54, 1.807) is 6.92 Å². The van der Waals surface area contributed by atoms with Gasteiger partial charge in [0.1, 0.15) is 10.3 Å². The molecule has 0 amide bonds. The summed E-state index contributed by atoms with van der Waals surface area (Å²) in [6.45, 7) is 3.98. The Labute approximate surface area is 96.3 Å². The fourth-order valence-corrected chi connectivity index (χ4v) is 2.17. The number of thiophene rings is 1. The molecule has 5 nitrogen and oxygen atoms in total. The van der Waals surface area contributed by atoms with Gasteiger partial charge in [-0.15, -0.1) is 11.3 Å². The quantitative estimate of drug-likeness (QED) is 0.805. The first-order chi connectivity index (χ1) is 7.61. The molecule has 0 bridgehead atoms. The number of carbonyl (C=O) groups is 1. The van der Waals surface area contributed by atoms with Gasteiger partial charge in [-0.2, -0.15) is 0 Å². The largest absolute Gasteiger partial charge is 0.461 e. The van der Waals surface area contributed by atoms with Gasteiger partial charge in [-0.1, -0.05) is 0 Å². The van der Waals surface area contributed by atoms with Gasteiger partial charge in [0, 0.05) is 4.88 Å². The molecule has 0 spiro atoms. The summed E-state index contributed by atoms with van der Waals surface area (Å²) in [7, 11) is 0. The molecule has 0 fully saturated rings. The van der Waals surface area contributed by atoms with Gasteiger partial charge in [-0.25, -0.2) is 14.8 Å². The number of fused-ring (bicyclic) bond motifs is 1. The highest BCUT2D eigenvalue weighted by molar-refractivity contribution is 7.18. The maximum absolute atomic E-state index is 11.5. The topological polar surface area (TPSA) is 78.1 Å². The second kappa shape index (κ2) is 4.05. The van der Waals surface area contributed by atoms with E-state index >= 15 is 0 Å². The minimum absolute atomic E-state index is 0.0900. The Bertz CT molecular complexity index is 550. The molecule has 2 N–H and O–H groups in total. The van der Waals surface area contributed by atoms with Crippen LogP contribution in [0.2, 0.25) is 0 Å². The molecule has 2 rings (SSSR count). The Morgan fingerprint density at radius 3 is 3.00 bits per heavy atom. The highest BCUT2D eigenvalue weighted by Gasteiger charge is 2.16. The summed E-state index contributed by atoms with van der Waals surface area (Å²) in [6.07, 6.45) is 0. The highest BCUT2D eigenvalue weighted by atomic mass is 32.1. The van der Waals surface area contributed by atoms with E-state index in [1.165, 1.54) is 11.3 Å². The molecular weight excluding hydrogens is 226 g/mol. The number of carbonyl (C=O) groups excluding carboxylic acids is 1. The molecule has 16 heavy (non-hydrogen) atoms. The van der Waals surface area contributed by atoms with Crippen LogP contribution in [-0.4, -0.2) is 22.5 Å². The molecule has 0 saturated carbocycles. The number of esters is 1. The predicted octanol–water partition coefficient (Wildman–Crippen LogP) is 1.76. The van der Waals surface area contributed by atoms with E-state index in [1.807, 2.05) is 13.0 Å². The van der Waals surface area contributed by atoms with E-state index in [0.29, 0.717) is 12.1 Å². The van der Waals surface area contributed by atoms with Crippen molar-refractivity contribution in [2.45, 2.75) is 13.8 Å². The lowest BCUT2D eigenvalue weighted by molar-refractivity contribution is 0.0521. The van der Waals surface area contributed by atoms with Gasteiger partial charge >= 0.3 is 5.97 Å². The summed E-state index contributed by atoms with van der Waals surface area (Å²) < 4.78 is 4.85. The van der Waals surface area contributed by atoms with E-state index in [0.717, 1.165) is 9.71 Å². The second-order valence-electron chi connectivity index (χ2n) is 3.23. The summed E-state index contributed by atoms with van der Waals surface area (Å²) in [5.41, 5.74) is 6.43. The first-order valence-corrected chi connectivity index (χ1v) is 5.64. The van der Waals surface area contributed by atoms with Crippen molar-refractivity contribution in [3.63, 3.8) is 0 Å². The van der Waals surface area contributed by atoms with Crippen molar-refractivity contribution in [3.8, 4) is 0 Å². The Kier molecular flexibility index (Phi) is 2.74. The van der Waals surface area contributed by atoms with Crippen molar-refractivity contribution in [2.24, 2.45) is 0 Å². The minimum atomic E-state index is -0.529. The highest BCUT2D eigenvalue weighted by Crippen LogP contribution is 2.23. The molecule has 0 aliphatic carbocycles. The molecule has 6 heteroatoms. The van der Waals surface area contributed by atoms with E-state index < -0.39 is 5.97 Å². The number of hydrogen-bond acceptors (Lipinski definition) is 6. The molecule has 0 radical (unpaired) electrons. The molecular formula is C10H11N3O2S. The molecule has 0 aromatic carbocycles. The maximum Gasteiger partial charge on any atom is 0.360 e. The number of nitrogen functional groups attached to an aromatic ring is 1. The average Bonchev–Trinajstić information content (AvgIpc) is 2.56. The molecule has 2 aromatic rings. The maximum atomic E-state index is 11.5. The fraction of sp³-hybridized carbons (Fsp3) is 0.300. The van der Waals surface area contributed by atoms with Crippen molar-refractivity contribution in [3.05, 3.63) is 16.6 Å². The van der Waals surface area contributed by atoms with Gasteiger partial charge in [-0.3, -0.25) is 0 Å². The Hall–Kier alpha value is -1.69. The Morgan fingerprint density at radius 2 is 2.31 bits per heavy atom. The molecule has 0 saturated heterocycles. The number of nitrogens with two attached hydrogens (primary N) is 1. The summed E-state index contributed by atoms with van der Waals surface area (Å²) >= 11 is 1.49. The van der Waals surface area contributed by atoms with Gasteiger partial charge in [0.05, 0.1) is 6.61 Å². The average molecular weight is 237 g/mol. The van der Waals surface area contributed by atoms with E-state index in [9.17, 15) is 4.79 Å². The number of aryl methyl sites for hydroxylation is 1. The smallest absolute Gasteiger partial charge is 0.360 e.